The fourth-order valence-electron chi connectivity index (χ4n) is 3.46. The summed E-state index contributed by atoms with van der Waals surface area (Å²) >= 11 is 0. The smallest absolute Gasteiger partial charge is 0.318 e. The van der Waals surface area contributed by atoms with E-state index in [1.54, 1.807) is 4.90 Å². The first kappa shape index (κ1) is 15.3. The van der Waals surface area contributed by atoms with Gasteiger partial charge in [-0.05, 0) is 37.3 Å². The molecule has 1 saturated heterocycles. The molecular formula is C17H24N2O3. The average Bonchev–Trinajstić information content (AvgIpc) is 3.08. The normalized spacial score (nSPS) is 25.6. The predicted molar refractivity (Wildman–Crippen MR) is 83.6 cm³/mol. The maximum atomic E-state index is 12.6. The zero-order chi connectivity index (χ0) is 15.5. The van der Waals surface area contributed by atoms with Gasteiger partial charge in [0.15, 0.2) is 0 Å². The van der Waals surface area contributed by atoms with E-state index in [-0.39, 0.29) is 30.8 Å². The van der Waals surface area contributed by atoms with E-state index in [4.69, 9.17) is 4.74 Å². The molecule has 0 aliphatic carbocycles. The highest BCUT2D eigenvalue weighted by atomic mass is 16.5. The number of aliphatic hydroxyl groups is 1. The number of urea groups is 1. The van der Waals surface area contributed by atoms with Crippen LogP contribution in [-0.2, 0) is 11.2 Å². The Kier molecular flexibility index (Phi) is 4.64. The van der Waals surface area contributed by atoms with Gasteiger partial charge in [-0.2, -0.15) is 0 Å². The summed E-state index contributed by atoms with van der Waals surface area (Å²) in [6.45, 7) is 3.34. The van der Waals surface area contributed by atoms with Crippen molar-refractivity contribution in [1.29, 1.82) is 0 Å². The molecule has 0 saturated carbocycles. The molecule has 1 aromatic rings. The molecule has 2 heterocycles. The van der Waals surface area contributed by atoms with E-state index in [1.807, 2.05) is 25.1 Å². The standard InChI is InChI=1S/C17H24N2O3/c1-12(16-7-4-10-22-16)18-17(21)19-9-8-13-5-2-3-6-14(13)15(19)11-20/h2-3,5-6,12,15-16,20H,4,7-11H2,1H3,(H,18,21). The first-order valence-corrected chi connectivity index (χ1v) is 8.08. The van der Waals surface area contributed by atoms with Crippen molar-refractivity contribution in [3.05, 3.63) is 35.4 Å². The van der Waals surface area contributed by atoms with Gasteiger partial charge in [0.05, 0.1) is 24.8 Å². The van der Waals surface area contributed by atoms with Gasteiger partial charge in [-0.25, -0.2) is 4.79 Å². The SMILES string of the molecule is CC(NC(=O)N1CCc2ccccc2C1CO)C1CCCO1. The summed E-state index contributed by atoms with van der Waals surface area (Å²) in [5, 5.41) is 12.8. The number of benzene rings is 1. The lowest BCUT2D eigenvalue weighted by Crippen LogP contribution is -2.51. The van der Waals surface area contributed by atoms with Gasteiger partial charge in [0.25, 0.3) is 0 Å². The molecule has 2 aliphatic rings. The van der Waals surface area contributed by atoms with Crippen molar-refractivity contribution in [2.24, 2.45) is 0 Å². The molecular weight excluding hydrogens is 280 g/mol. The Bertz CT molecular complexity index is 528. The van der Waals surface area contributed by atoms with Crippen molar-refractivity contribution in [1.82, 2.24) is 10.2 Å². The van der Waals surface area contributed by atoms with Gasteiger partial charge >= 0.3 is 6.03 Å². The quantitative estimate of drug-likeness (QED) is 0.896. The van der Waals surface area contributed by atoms with Crippen LogP contribution >= 0.6 is 0 Å². The van der Waals surface area contributed by atoms with E-state index in [9.17, 15) is 9.90 Å². The lowest BCUT2D eigenvalue weighted by atomic mass is 9.93. The highest BCUT2D eigenvalue weighted by Crippen LogP contribution is 2.29. The number of aliphatic hydroxyl groups excluding tert-OH is 1. The monoisotopic (exact) mass is 304 g/mol. The topological polar surface area (TPSA) is 61.8 Å². The number of carbonyl (C=O) groups excluding carboxylic acids is 1. The predicted octanol–water partition coefficient (Wildman–Crippen LogP) is 1.86. The van der Waals surface area contributed by atoms with Crippen molar-refractivity contribution in [2.75, 3.05) is 19.8 Å². The lowest BCUT2D eigenvalue weighted by Gasteiger charge is -2.37. The first-order valence-electron chi connectivity index (χ1n) is 8.08. The molecule has 0 radical (unpaired) electrons. The number of nitrogens with zero attached hydrogens (tertiary/aromatic N) is 1. The summed E-state index contributed by atoms with van der Waals surface area (Å²) in [6.07, 6.45) is 2.98. The molecule has 1 fully saturated rings. The molecule has 3 atom stereocenters. The van der Waals surface area contributed by atoms with E-state index in [2.05, 4.69) is 11.4 Å². The van der Waals surface area contributed by atoms with Gasteiger partial charge < -0.3 is 20.1 Å². The van der Waals surface area contributed by atoms with Gasteiger partial charge in [0.2, 0.25) is 0 Å². The molecule has 0 spiro atoms. The van der Waals surface area contributed by atoms with Gasteiger partial charge in [-0.15, -0.1) is 0 Å². The summed E-state index contributed by atoms with van der Waals surface area (Å²) in [6, 6.07) is 7.65. The van der Waals surface area contributed by atoms with E-state index in [0.29, 0.717) is 6.54 Å². The lowest BCUT2D eigenvalue weighted by molar-refractivity contribution is 0.0781. The fraction of sp³-hybridized carbons (Fsp3) is 0.588. The molecule has 5 nitrogen and oxygen atoms in total. The number of ether oxygens (including phenoxy) is 1. The Hall–Kier alpha value is -1.59. The summed E-state index contributed by atoms with van der Waals surface area (Å²) in [7, 11) is 0. The summed E-state index contributed by atoms with van der Waals surface area (Å²) in [5.41, 5.74) is 2.27. The number of hydrogen-bond acceptors (Lipinski definition) is 3. The number of hydrogen-bond donors (Lipinski definition) is 2. The highest BCUT2D eigenvalue weighted by Gasteiger charge is 2.32. The zero-order valence-electron chi connectivity index (χ0n) is 13.0. The highest BCUT2D eigenvalue weighted by molar-refractivity contribution is 5.75. The van der Waals surface area contributed by atoms with E-state index < -0.39 is 0 Å². The van der Waals surface area contributed by atoms with Crippen LogP contribution in [0.5, 0.6) is 0 Å². The van der Waals surface area contributed by atoms with Gasteiger partial charge in [-0.1, -0.05) is 24.3 Å². The third kappa shape index (κ3) is 2.96. The van der Waals surface area contributed by atoms with Crippen LogP contribution in [0.2, 0.25) is 0 Å². The van der Waals surface area contributed by atoms with Crippen LogP contribution in [0.3, 0.4) is 0 Å². The molecule has 1 aromatic carbocycles. The summed E-state index contributed by atoms with van der Waals surface area (Å²) in [5.74, 6) is 0. The molecule has 2 N–H and O–H groups in total. The van der Waals surface area contributed by atoms with Crippen molar-refractivity contribution in [2.45, 2.75) is 44.4 Å². The number of amides is 2. The van der Waals surface area contributed by atoms with Crippen molar-refractivity contribution >= 4 is 6.03 Å². The van der Waals surface area contributed by atoms with Crippen molar-refractivity contribution in [3.63, 3.8) is 0 Å². The third-order valence-electron chi connectivity index (χ3n) is 4.72. The maximum Gasteiger partial charge on any atom is 0.318 e. The third-order valence-corrected chi connectivity index (χ3v) is 4.72. The van der Waals surface area contributed by atoms with Gasteiger partial charge in [-0.3, -0.25) is 0 Å². The molecule has 5 heteroatoms. The zero-order valence-corrected chi connectivity index (χ0v) is 13.0. The Morgan fingerprint density at radius 2 is 2.32 bits per heavy atom. The Morgan fingerprint density at radius 1 is 1.50 bits per heavy atom. The number of rotatable bonds is 3. The van der Waals surface area contributed by atoms with Crippen molar-refractivity contribution < 1.29 is 14.6 Å². The average molecular weight is 304 g/mol. The maximum absolute atomic E-state index is 12.6. The molecule has 0 bridgehead atoms. The minimum atomic E-state index is -0.262. The minimum absolute atomic E-state index is 0.00786. The van der Waals surface area contributed by atoms with Crippen LogP contribution in [0.25, 0.3) is 0 Å². The fourth-order valence-corrected chi connectivity index (χ4v) is 3.46. The molecule has 2 aliphatic heterocycles. The Morgan fingerprint density at radius 3 is 3.05 bits per heavy atom. The Labute approximate surface area is 131 Å². The second kappa shape index (κ2) is 6.67. The van der Waals surface area contributed by atoms with Crippen LogP contribution in [0.4, 0.5) is 4.79 Å². The molecule has 3 rings (SSSR count). The molecule has 0 aromatic heterocycles. The van der Waals surface area contributed by atoms with E-state index in [0.717, 1.165) is 31.4 Å². The minimum Gasteiger partial charge on any atom is -0.394 e. The summed E-state index contributed by atoms with van der Waals surface area (Å²) < 4.78 is 5.63. The molecule has 120 valence electrons. The van der Waals surface area contributed by atoms with E-state index >= 15 is 0 Å². The molecule has 22 heavy (non-hydrogen) atoms. The Balaban J connectivity index is 1.69. The van der Waals surface area contributed by atoms with Crippen LogP contribution in [0.1, 0.15) is 36.9 Å². The van der Waals surface area contributed by atoms with Gasteiger partial charge in [0, 0.05) is 13.2 Å². The van der Waals surface area contributed by atoms with Crippen molar-refractivity contribution in [3.8, 4) is 0 Å². The first-order chi connectivity index (χ1) is 10.7. The van der Waals surface area contributed by atoms with Crippen LogP contribution in [0.15, 0.2) is 24.3 Å². The largest absolute Gasteiger partial charge is 0.394 e. The summed E-state index contributed by atoms with van der Waals surface area (Å²) in [4.78, 5) is 14.3. The van der Waals surface area contributed by atoms with E-state index in [1.165, 1.54) is 5.56 Å². The van der Waals surface area contributed by atoms with Crippen LogP contribution in [0, 0.1) is 0 Å². The van der Waals surface area contributed by atoms with Gasteiger partial charge in [0.1, 0.15) is 0 Å². The number of carbonyl (C=O) groups is 1. The van der Waals surface area contributed by atoms with Crippen LogP contribution < -0.4 is 5.32 Å². The number of nitrogens with one attached hydrogen (secondary N) is 1. The number of fused-ring (bicyclic) bond motifs is 1. The second-order valence-corrected chi connectivity index (χ2v) is 6.13. The van der Waals surface area contributed by atoms with Crippen LogP contribution in [-0.4, -0.2) is 47.9 Å². The molecule has 2 amide bonds. The molecule has 3 unspecified atom stereocenters. The second-order valence-electron chi connectivity index (χ2n) is 6.13.